The minimum atomic E-state index is -4.36. The van der Waals surface area contributed by atoms with E-state index in [9.17, 15) is 18.0 Å². The van der Waals surface area contributed by atoms with Gasteiger partial charge in [0.2, 0.25) is 11.8 Å². The molecule has 0 aliphatic heterocycles. The zero-order valence-corrected chi connectivity index (χ0v) is 30.0. The fourth-order valence-electron chi connectivity index (χ4n) is 5.04. The van der Waals surface area contributed by atoms with Crippen molar-refractivity contribution < 1.29 is 22.7 Å². The molecule has 0 radical (unpaired) electrons. The molecule has 0 aliphatic carbocycles. The van der Waals surface area contributed by atoms with Gasteiger partial charge in [0.15, 0.2) is 0 Å². The number of nitrogens with zero attached hydrogens (tertiary/aromatic N) is 2. The van der Waals surface area contributed by atoms with Crippen molar-refractivity contribution in [1.82, 2.24) is 10.2 Å². The molecule has 0 spiro atoms. The van der Waals surface area contributed by atoms with Crippen LogP contribution in [0.4, 0.5) is 5.69 Å². The molecule has 2 unspecified atom stereocenters. The molecular formula is C36H38Cl3N3O5S. The maximum absolute atomic E-state index is 14.7. The van der Waals surface area contributed by atoms with Gasteiger partial charge in [-0.1, -0.05) is 90.3 Å². The molecule has 0 bridgehead atoms. The Balaban J connectivity index is 1.88. The summed E-state index contributed by atoms with van der Waals surface area (Å²) < 4.78 is 35.5. The number of benzene rings is 4. The SMILES string of the molecule is CCOc1ccccc1N(CC(=O)N(Cc1c(Cl)cccc1Cl)C(Cc1ccccc1)C(=O)NC(C)CC)S(=O)(=O)c1ccc(Cl)cc1. The number of hydrogen-bond donors (Lipinski definition) is 1. The first-order chi connectivity index (χ1) is 23.0. The van der Waals surface area contributed by atoms with Crippen LogP contribution in [-0.4, -0.2) is 50.4 Å². The first-order valence-corrected chi connectivity index (χ1v) is 18.1. The van der Waals surface area contributed by atoms with E-state index in [4.69, 9.17) is 39.5 Å². The largest absolute Gasteiger partial charge is 0.492 e. The number of nitrogens with one attached hydrogen (secondary N) is 1. The summed E-state index contributed by atoms with van der Waals surface area (Å²) in [5, 5.41) is 3.96. The predicted molar refractivity (Wildman–Crippen MR) is 192 cm³/mol. The van der Waals surface area contributed by atoms with Crippen molar-refractivity contribution in [2.75, 3.05) is 17.5 Å². The average molecular weight is 731 g/mol. The molecule has 0 saturated carbocycles. The summed E-state index contributed by atoms with van der Waals surface area (Å²) >= 11 is 19.3. The molecule has 0 aromatic heterocycles. The Morgan fingerprint density at radius 2 is 1.46 bits per heavy atom. The zero-order chi connectivity index (χ0) is 34.8. The number of hydrogen-bond acceptors (Lipinski definition) is 5. The van der Waals surface area contributed by atoms with E-state index in [-0.39, 0.29) is 41.9 Å². The Bertz CT molecular complexity index is 1790. The molecule has 254 valence electrons. The van der Waals surface area contributed by atoms with Crippen LogP contribution in [0.2, 0.25) is 15.1 Å². The van der Waals surface area contributed by atoms with Crippen molar-refractivity contribution in [3.8, 4) is 5.75 Å². The highest BCUT2D eigenvalue weighted by Gasteiger charge is 2.36. The van der Waals surface area contributed by atoms with Crippen LogP contribution in [0.1, 0.15) is 38.3 Å². The summed E-state index contributed by atoms with van der Waals surface area (Å²) in [6.07, 6.45) is 0.811. The first-order valence-electron chi connectivity index (χ1n) is 15.5. The Morgan fingerprint density at radius 1 is 0.833 bits per heavy atom. The summed E-state index contributed by atoms with van der Waals surface area (Å²) in [6.45, 7) is 5.02. The molecule has 0 fully saturated rings. The van der Waals surface area contributed by atoms with Gasteiger partial charge < -0.3 is 15.0 Å². The third-order valence-electron chi connectivity index (χ3n) is 7.78. The highest BCUT2D eigenvalue weighted by molar-refractivity contribution is 7.92. The number of carbonyl (C=O) groups is 2. The second-order valence-electron chi connectivity index (χ2n) is 11.1. The number of halogens is 3. The van der Waals surface area contributed by atoms with E-state index in [1.165, 1.54) is 29.2 Å². The maximum Gasteiger partial charge on any atom is 0.264 e. The van der Waals surface area contributed by atoms with Crippen LogP contribution in [-0.2, 0) is 32.6 Å². The maximum atomic E-state index is 14.7. The second-order valence-corrected chi connectivity index (χ2v) is 14.2. The van der Waals surface area contributed by atoms with E-state index < -0.39 is 34.4 Å². The summed E-state index contributed by atoms with van der Waals surface area (Å²) in [7, 11) is -4.36. The van der Waals surface area contributed by atoms with E-state index in [1.807, 2.05) is 44.2 Å². The molecule has 12 heteroatoms. The van der Waals surface area contributed by atoms with Crippen molar-refractivity contribution in [2.45, 2.75) is 57.1 Å². The first kappa shape index (κ1) is 37.1. The number of ether oxygens (including phenoxy) is 1. The lowest BCUT2D eigenvalue weighted by molar-refractivity contribution is -0.140. The van der Waals surface area contributed by atoms with Gasteiger partial charge >= 0.3 is 0 Å². The topological polar surface area (TPSA) is 96.0 Å². The van der Waals surface area contributed by atoms with Crippen LogP contribution in [0.5, 0.6) is 5.75 Å². The molecular weight excluding hydrogens is 693 g/mol. The van der Waals surface area contributed by atoms with Crippen molar-refractivity contribution in [3.63, 3.8) is 0 Å². The fourth-order valence-corrected chi connectivity index (χ4v) is 7.10. The summed E-state index contributed by atoms with van der Waals surface area (Å²) in [6, 6.07) is 25.3. The quantitative estimate of drug-likeness (QED) is 0.135. The van der Waals surface area contributed by atoms with Gasteiger partial charge in [0, 0.05) is 39.6 Å². The number of anilines is 1. The number of para-hydroxylation sites is 2. The van der Waals surface area contributed by atoms with Gasteiger partial charge in [0.1, 0.15) is 18.3 Å². The predicted octanol–water partition coefficient (Wildman–Crippen LogP) is 7.80. The fraction of sp³-hybridized carbons (Fsp3) is 0.278. The van der Waals surface area contributed by atoms with Crippen LogP contribution in [0, 0.1) is 0 Å². The average Bonchev–Trinajstić information content (AvgIpc) is 3.07. The number of sulfonamides is 1. The minimum absolute atomic E-state index is 0.0814. The van der Waals surface area contributed by atoms with Gasteiger partial charge in [-0.25, -0.2) is 8.42 Å². The van der Waals surface area contributed by atoms with E-state index in [1.54, 1.807) is 49.4 Å². The lowest BCUT2D eigenvalue weighted by atomic mass is 10.0. The zero-order valence-electron chi connectivity index (χ0n) is 26.9. The van der Waals surface area contributed by atoms with Crippen LogP contribution in [0.15, 0.2) is 102 Å². The third-order valence-corrected chi connectivity index (χ3v) is 10.5. The van der Waals surface area contributed by atoms with E-state index in [2.05, 4.69) is 5.32 Å². The molecule has 4 aromatic rings. The van der Waals surface area contributed by atoms with Crippen molar-refractivity contribution in [3.05, 3.63) is 123 Å². The Hall–Kier alpha value is -3.76. The normalized spacial score (nSPS) is 12.5. The smallest absolute Gasteiger partial charge is 0.264 e. The summed E-state index contributed by atoms with van der Waals surface area (Å²) in [5.41, 5.74) is 1.38. The molecule has 0 saturated heterocycles. The van der Waals surface area contributed by atoms with Gasteiger partial charge in [-0.2, -0.15) is 0 Å². The number of rotatable bonds is 15. The number of carbonyl (C=O) groups excluding carboxylic acids is 2. The highest BCUT2D eigenvalue weighted by atomic mass is 35.5. The highest BCUT2D eigenvalue weighted by Crippen LogP contribution is 2.34. The van der Waals surface area contributed by atoms with Crippen molar-refractivity contribution in [1.29, 1.82) is 0 Å². The molecule has 4 aromatic carbocycles. The molecule has 8 nitrogen and oxygen atoms in total. The summed E-state index contributed by atoms with van der Waals surface area (Å²) in [5.74, 6) is -0.789. The van der Waals surface area contributed by atoms with Crippen LogP contribution in [0.25, 0.3) is 0 Å². The Morgan fingerprint density at radius 3 is 2.08 bits per heavy atom. The molecule has 48 heavy (non-hydrogen) atoms. The number of amides is 2. The van der Waals surface area contributed by atoms with Crippen LogP contribution >= 0.6 is 34.8 Å². The van der Waals surface area contributed by atoms with E-state index in [0.29, 0.717) is 27.1 Å². The van der Waals surface area contributed by atoms with Gasteiger partial charge in [-0.05, 0) is 74.4 Å². The van der Waals surface area contributed by atoms with Crippen LogP contribution < -0.4 is 14.4 Å². The van der Waals surface area contributed by atoms with Gasteiger partial charge in [0.05, 0.1) is 17.2 Å². The molecule has 2 amide bonds. The van der Waals surface area contributed by atoms with Crippen molar-refractivity contribution >= 4 is 62.3 Å². The minimum Gasteiger partial charge on any atom is -0.492 e. The van der Waals surface area contributed by atoms with Gasteiger partial charge in [0.25, 0.3) is 10.0 Å². The van der Waals surface area contributed by atoms with Crippen molar-refractivity contribution in [2.24, 2.45) is 0 Å². The lowest BCUT2D eigenvalue weighted by Gasteiger charge is -2.35. The monoisotopic (exact) mass is 729 g/mol. The molecule has 0 aliphatic rings. The molecule has 0 heterocycles. The van der Waals surface area contributed by atoms with Crippen LogP contribution in [0.3, 0.4) is 0 Å². The Kier molecular flexibility index (Phi) is 13.2. The molecule has 4 rings (SSSR count). The van der Waals surface area contributed by atoms with E-state index in [0.717, 1.165) is 9.87 Å². The third kappa shape index (κ3) is 9.23. The van der Waals surface area contributed by atoms with Gasteiger partial charge in [-0.3, -0.25) is 13.9 Å². The lowest BCUT2D eigenvalue weighted by Crippen LogP contribution is -2.54. The Labute approximate surface area is 297 Å². The van der Waals surface area contributed by atoms with Gasteiger partial charge in [-0.15, -0.1) is 0 Å². The van der Waals surface area contributed by atoms with E-state index >= 15 is 0 Å². The second kappa shape index (κ2) is 17.1. The standard InChI is InChI=1S/C36H38Cl3N3O5S/c1-4-25(3)40-36(44)33(22-26-12-7-6-8-13-26)41(23-29-30(38)14-11-15-31(29)39)35(43)24-42(32-16-9-10-17-34(32)47-5-2)48(45,46)28-20-18-27(37)19-21-28/h6-21,25,33H,4-5,22-24H2,1-3H3,(H,40,44). The molecule has 1 N–H and O–H groups in total. The molecule has 2 atom stereocenters. The summed E-state index contributed by atoms with van der Waals surface area (Å²) in [4.78, 5) is 30.0.